The van der Waals surface area contributed by atoms with Crippen LogP contribution in [-0.4, -0.2) is 100 Å². The summed E-state index contributed by atoms with van der Waals surface area (Å²) in [5.41, 5.74) is 9.97. The second kappa shape index (κ2) is 11.0. The van der Waals surface area contributed by atoms with Crippen LogP contribution in [0.2, 0.25) is 0 Å². The Bertz CT molecular complexity index is 1920. The Morgan fingerprint density at radius 3 is 2.09 bits per heavy atom. The number of carbonyl (C=O) groups excluding carboxylic acids is 1. The van der Waals surface area contributed by atoms with Gasteiger partial charge in [0.05, 0.1) is 32.3 Å². The fraction of sp³-hybridized carbons (Fsp3) is 0.524. The van der Waals surface area contributed by atoms with E-state index in [4.69, 9.17) is 39.0 Å². The summed E-state index contributed by atoms with van der Waals surface area (Å²) in [6.07, 6.45) is -13.5. The Morgan fingerprint density at radius 1 is 0.913 bits per heavy atom. The maximum atomic E-state index is 15.9. The van der Waals surface area contributed by atoms with Gasteiger partial charge in [0.2, 0.25) is 5.95 Å². The largest absolute Gasteiger partial charge is 0.472 e. The maximum Gasteiger partial charge on any atom is 0.472 e. The molecule has 21 nitrogen and oxygen atoms in total. The van der Waals surface area contributed by atoms with Crippen molar-refractivity contribution in [1.82, 2.24) is 29.1 Å². The predicted octanol–water partition coefficient (Wildman–Crippen LogP) is -0.337. The summed E-state index contributed by atoms with van der Waals surface area (Å²) in [5, 5.41) is 0. The molecule has 3 fully saturated rings. The van der Waals surface area contributed by atoms with E-state index in [1.165, 1.54) is 0 Å². The van der Waals surface area contributed by atoms with Crippen molar-refractivity contribution in [1.29, 1.82) is 0 Å². The number of imidazole rings is 2. The number of H-pyrrole nitrogens is 1. The van der Waals surface area contributed by atoms with Crippen molar-refractivity contribution >= 4 is 50.2 Å². The smallest absolute Gasteiger partial charge is 0.387 e. The number of rotatable bonds is 2. The Balaban J connectivity index is 1.16. The highest BCUT2D eigenvalue weighted by Crippen LogP contribution is 2.54. The number of nitrogens with zero attached hydrogens (tertiary/aromatic N) is 6. The first-order chi connectivity index (χ1) is 21.7. The zero-order valence-electron chi connectivity index (χ0n) is 22.9. The van der Waals surface area contributed by atoms with E-state index in [0.29, 0.717) is 0 Å². The van der Waals surface area contributed by atoms with Crippen molar-refractivity contribution in [3.8, 4) is 0 Å². The van der Waals surface area contributed by atoms with Crippen LogP contribution in [0, 0.1) is 0 Å². The third kappa shape index (κ3) is 5.37. The molecule has 25 heteroatoms. The highest BCUT2D eigenvalue weighted by atomic mass is 31.2. The summed E-state index contributed by atoms with van der Waals surface area (Å²) in [7, 11) is -10.4. The first kappa shape index (κ1) is 31.1. The third-order valence-corrected chi connectivity index (χ3v) is 9.44. The highest BCUT2D eigenvalue weighted by molar-refractivity contribution is 7.47. The standard InChI is InChI=1S/C21H23F2N9O12P2/c22-10-14-7(41-19(10)31-4-26-12-6(33)1-9(24)28-16(12)31)2-39-46(37,38)44-15-8(3-40-45(35,36)43-14)42-20(11(15)23)32-5-27-13-17(32)29-21(25)30-18(13)34/h4-5,7-8,10-11,14-15,19-20H,1-3H2,(H2,24,28)(H,35,36)(H,37,38)(H3,25,29,30,34)/t7-,8-,10-,11-,14-,15-,19-,20-/m1/s1. The molecule has 4 aliphatic rings. The molecule has 0 spiro atoms. The van der Waals surface area contributed by atoms with E-state index in [2.05, 4.69) is 24.9 Å². The van der Waals surface area contributed by atoms with Gasteiger partial charge in [-0.1, -0.05) is 0 Å². The highest BCUT2D eigenvalue weighted by Gasteiger charge is 2.55. The van der Waals surface area contributed by atoms with Crippen LogP contribution in [0.3, 0.4) is 0 Å². The van der Waals surface area contributed by atoms with Gasteiger partial charge in [-0.15, -0.1) is 0 Å². The van der Waals surface area contributed by atoms with Gasteiger partial charge in [0.25, 0.3) is 5.56 Å². The first-order valence-corrected chi connectivity index (χ1v) is 16.3. The molecule has 3 aromatic rings. The predicted molar refractivity (Wildman–Crippen MR) is 144 cm³/mol. The number of aliphatic imine (C=N–C) groups is 1. The number of hydrogen-bond acceptors (Lipinski definition) is 16. The number of nitrogens with two attached hydrogens (primary N) is 2. The molecule has 0 aromatic carbocycles. The summed E-state index contributed by atoms with van der Waals surface area (Å²) in [5.74, 6) is -1.06. The van der Waals surface area contributed by atoms with Crippen molar-refractivity contribution in [2.45, 2.75) is 55.6 Å². The quantitative estimate of drug-likeness (QED) is 0.215. The van der Waals surface area contributed by atoms with Crippen LogP contribution in [0.5, 0.6) is 0 Å². The zero-order chi connectivity index (χ0) is 32.7. The Kier molecular flexibility index (Phi) is 7.47. The van der Waals surface area contributed by atoms with E-state index in [0.717, 1.165) is 21.8 Å². The number of fused-ring (bicyclic) bond motifs is 4. The van der Waals surface area contributed by atoms with Crippen LogP contribution in [0.15, 0.2) is 22.4 Å². The monoisotopic (exact) mass is 693 g/mol. The molecule has 7 heterocycles. The molecular weight excluding hydrogens is 670 g/mol. The topological polar surface area (TPSA) is 293 Å². The molecule has 7 N–H and O–H groups in total. The van der Waals surface area contributed by atoms with Gasteiger partial charge in [-0.2, -0.15) is 4.98 Å². The van der Waals surface area contributed by atoms with Crippen LogP contribution in [-0.2, 0) is 36.7 Å². The van der Waals surface area contributed by atoms with Crippen LogP contribution < -0.4 is 17.0 Å². The summed E-state index contributed by atoms with van der Waals surface area (Å²) >= 11 is 0. The van der Waals surface area contributed by atoms with Gasteiger partial charge in [-0.3, -0.25) is 41.8 Å². The number of anilines is 1. The Morgan fingerprint density at radius 2 is 1.48 bits per heavy atom. The summed E-state index contributed by atoms with van der Waals surface area (Å²) in [6.45, 7) is -1.96. The van der Waals surface area contributed by atoms with Crippen molar-refractivity contribution in [2.75, 3.05) is 18.9 Å². The summed E-state index contributed by atoms with van der Waals surface area (Å²) in [6, 6.07) is 0. The molecule has 10 atom stereocenters. The second-order valence-corrected chi connectivity index (χ2v) is 13.3. The minimum atomic E-state index is -5.21. The molecule has 0 bridgehead atoms. The Hall–Kier alpha value is -3.50. The molecule has 7 rings (SSSR count). The number of amidine groups is 1. The lowest BCUT2D eigenvalue weighted by molar-refractivity contribution is -0.0664. The van der Waals surface area contributed by atoms with E-state index < -0.39 is 89.4 Å². The first-order valence-electron chi connectivity index (χ1n) is 13.3. The average molecular weight is 693 g/mol. The molecule has 3 aromatic heterocycles. The van der Waals surface area contributed by atoms with Crippen LogP contribution in [0.4, 0.5) is 20.5 Å². The van der Waals surface area contributed by atoms with Gasteiger partial charge in [-0.05, 0) is 0 Å². The summed E-state index contributed by atoms with van der Waals surface area (Å²) < 4.78 is 91.1. The van der Waals surface area contributed by atoms with Gasteiger partial charge in [0, 0.05) is 0 Å². The fourth-order valence-corrected chi connectivity index (χ4v) is 7.37. The maximum absolute atomic E-state index is 15.9. The molecule has 0 radical (unpaired) electrons. The second-order valence-electron chi connectivity index (χ2n) is 10.5. The number of nitrogen functional groups attached to an aromatic ring is 1. The van der Waals surface area contributed by atoms with Crippen molar-refractivity contribution in [3.05, 3.63) is 28.7 Å². The molecule has 0 aliphatic carbocycles. The lowest BCUT2D eigenvalue weighted by Gasteiger charge is -2.27. The summed E-state index contributed by atoms with van der Waals surface area (Å²) in [4.78, 5) is 63.4. The van der Waals surface area contributed by atoms with Crippen LogP contribution >= 0.6 is 15.6 Å². The lowest BCUT2D eigenvalue weighted by Crippen LogP contribution is -2.37. The number of phosphoric acid groups is 2. The molecule has 248 valence electrons. The fourth-order valence-electron chi connectivity index (χ4n) is 5.46. The number of ether oxygens (including phenoxy) is 2. The number of aromatic nitrogens is 6. The number of ketones is 1. The molecule has 3 saturated heterocycles. The number of alkyl halides is 2. The van der Waals surface area contributed by atoms with Crippen molar-refractivity contribution < 1.29 is 60.1 Å². The van der Waals surface area contributed by atoms with Crippen molar-refractivity contribution in [2.24, 2.45) is 10.7 Å². The zero-order valence-corrected chi connectivity index (χ0v) is 24.6. The van der Waals surface area contributed by atoms with E-state index in [1.807, 2.05) is 0 Å². The number of halogens is 2. The normalized spacial score (nSPS) is 38.4. The number of phosphoric ester groups is 2. The minimum absolute atomic E-state index is 0.0817. The van der Waals surface area contributed by atoms with Crippen LogP contribution in [0.1, 0.15) is 29.4 Å². The van der Waals surface area contributed by atoms with Crippen LogP contribution in [0.25, 0.3) is 11.2 Å². The number of carbonyl (C=O) groups is 1. The van der Waals surface area contributed by atoms with Gasteiger partial charge >= 0.3 is 15.6 Å². The van der Waals surface area contributed by atoms with E-state index in [1.54, 1.807) is 0 Å². The molecule has 0 amide bonds. The number of aromatic amines is 1. The van der Waals surface area contributed by atoms with Gasteiger partial charge in [-0.25, -0.2) is 32.9 Å². The molecule has 4 aliphatic heterocycles. The number of nitrogens with one attached hydrogen (secondary N) is 1. The van der Waals surface area contributed by atoms with E-state index in [9.17, 15) is 28.5 Å². The number of hydrogen-bond donors (Lipinski definition) is 5. The number of Topliss-reactive ketones (excluding diaryl/α,β-unsaturated/α-hetero) is 1. The molecule has 2 unspecified atom stereocenters. The van der Waals surface area contributed by atoms with Gasteiger partial charge < -0.3 is 30.7 Å². The molecule has 46 heavy (non-hydrogen) atoms. The van der Waals surface area contributed by atoms with E-state index >= 15 is 8.78 Å². The van der Waals surface area contributed by atoms with E-state index in [-0.39, 0.29) is 40.9 Å². The molecule has 0 saturated carbocycles. The minimum Gasteiger partial charge on any atom is -0.387 e. The molecular formula is C21H23F2N9O12P2. The Labute approximate surface area is 253 Å². The SMILES string of the molecule is NC1=Nc2c(ncn2[C@@H]2O[C@@H]3COP(=O)(O)O[C@H]4[C@@H](F)[C@H](n5cnc6c(=O)[nH]c(N)nc65)O[C@@H]4COP(=O)(O)O[C@H]3[C@H]2F)C(=O)C1. The lowest BCUT2D eigenvalue weighted by atomic mass is 10.1. The average Bonchev–Trinajstić information content (AvgIpc) is 3.72. The van der Waals surface area contributed by atoms with Gasteiger partial charge in [0.15, 0.2) is 53.3 Å². The van der Waals surface area contributed by atoms with Crippen molar-refractivity contribution in [3.63, 3.8) is 0 Å². The van der Waals surface area contributed by atoms with Gasteiger partial charge in [0.1, 0.15) is 30.3 Å². The third-order valence-electron chi connectivity index (χ3n) is 7.47.